The van der Waals surface area contributed by atoms with Crippen LogP contribution >= 0.6 is 11.3 Å². The van der Waals surface area contributed by atoms with Gasteiger partial charge in [-0.1, -0.05) is 0 Å². The lowest BCUT2D eigenvalue weighted by molar-refractivity contribution is 0.555. The minimum absolute atomic E-state index is 0.727. The van der Waals surface area contributed by atoms with Crippen LogP contribution in [0.2, 0.25) is 0 Å². The molecule has 0 bridgehead atoms. The van der Waals surface area contributed by atoms with Crippen molar-refractivity contribution in [1.82, 2.24) is 20.4 Å². The van der Waals surface area contributed by atoms with Crippen LogP contribution in [-0.4, -0.2) is 28.8 Å². The summed E-state index contributed by atoms with van der Waals surface area (Å²) in [6.07, 6.45) is 1.02. The Morgan fingerprint density at radius 2 is 2.09 bits per heavy atom. The van der Waals surface area contributed by atoms with Crippen LogP contribution in [0.25, 0.3) is 0 Å². The molecule has 0 aliphatic carbocycles. The zero-order valence-electron chi connectivity index (χ0n) is 14.5. The molecule has 0 aliphatic rings. The van der Waals surface area contributed by atoms with E-state index < -0.39 is 0 Å². The minimum Gasteiger partial charge on any atom is -0.357 e. The van der Waals surface area contributed by atoms with Gasteiger partial charge in [-0.25, -0.2) is 4.99 Å². The maximum atomic E-state index is 4.65. The van der Waals surface area contributed by atoms with Crippen LogP contribution in [0.3, 0.4) is 0 Å². The van der Waals surface area contributed by atoms with Gasteiger partial charge in [0.1, 0.15) is 0 Å². The highest BCUT2D eigenvalue weighted by Gasteiger charge is 2.02. The van der Waals surface area contributed by atoms with Gasteiger partial charge in [0, 0.05) is 35.1 Å². The predicted octanol–water partition coefficient (Wildman–Crippen LogP) is 3.02. The Bertz CT molecular complexity index is 641. The lowest BCUT2D eigenvalue weighted by atomic mass is 10.4. The fourth-order valence-electron chi connectivity index (χ4n) is 2.41. The van der Waals surface area contributed by atoms with E-state index in [1.807, 2.05) is 6.92 Å². The second kappa shape index (κ2) is 8.72. The fourth-order valence-corrected chi connectivity index (χ4v) is 3.22. The number of rotatable bonds is 7. The summed E-state index contributed by atoms with van der Waals surface area (Å²) in [5, 5.41) is 11.2. The van der Waals surface area contributed by atoms with Crippen molar-refractivity contribution in [3.8, 4) is 0 Å². The largest absolute Gasteiger partial charge is 0.357 e. The monoisotopic (exact) mass is 333 g/mol. The first-order chi connectivity index (χ1) is 11.1. The standard InChI is InChI=1S/C17H27N5S/c1-5-18-17(20-12-16-8-7-15(4)23-16)19-9-6-10-22-14(3)11-13(2)21-22/h7-8,11H,5-6,9-10,12H2,1-4H3,(H2,18,19,20). The van der Waals surface area contributed by atoms with Crippen molar-refractivity contribution in [3.05, 3.63) is 39.3 Å². The van der Waals surface area contributed by atoms with E-state index in [0.29, 0.717) is 0 Å². The van der Waals surface area contributed by atoms with Gasteiger partial charge in [-0.15, -0.1) is 11.3 Å². The third-order valence-electron chi connectivity index (χ3n) is 3.48. The topological polar surface area (TPSA) is 54.2 Å². The van der Waals surface area contributed by atoms with Crippen LogP contribution < -0.4 is 10.6 Å². The van der Waals surface area contributed by atoms with Crippen LogP contribution in [0, 0.1) is 20.8 Å². The highest BCUT2D eigenvalue weighted by atomic mass is 32.1. The Labute approximate surface area is 142 Å². The van der Waals surface area contributed by atoms with E-state index in [1.165, 1.54) is 15.4 Å². The van der Waals surface area contributed by atoms with E-state index in [1.54, 1.807) is 11.3 Å². The maximum absolute atomic E-state index is 4.65. The van der Waals surface area contributed by atoms with Crippen LogP contribution in [0.4, 0.5) is 0 Å². The molecule has 0 radical (unpaired) electrons. The first-order valence-electron chi connectivity index (χ1n) is 8.17. The Balaban J connectivity index is 1.78. The van der Waals surface area contributed by atoms with Crippen molar-refractivity contribution in [2.45, 2.75) is 47.2 Å². The molecule has 0 atom stereocenters. The molecule has 6 heteroatoms. The van der Waals surface area contributed by atoms with Crippen molar-refractivity contribution in [3.63, 3.8) is 0 Å². The first-order valence-corrected chi connectivity index (χ1v) is 8.98. The summed E-state index contributed by atoms with van der Waals surface area (Å²) in [7, 11) is 0. The summed E-state index contributed by atoms with van der Waals surface area (Å²) in [5.74, 6) is 0.881. The Hall–Kier alpha value is -1.82. The lowest BCUT2D eigenvalue weighted by Gasteiger charge is -2.11. The molecule has 2 N–H and O–H groups in total. The molecule has 126 valence electrons. The van der Waals surface area contributed by atoms with Crippen LogP contribution in [0.15, 0.2) is 23.2 Å². The normalized spacial score (nSPS) is 11.7. The van der Waals surface area contributed by atoms with Crippen molar-refractivity contribution in [2.24, 2.45) is 4.99 Å². The average molecular weight is 334 g/mol. The highest BCUT2D eigenvalue weighted by Crippen LogP contribution is 2.15. The Morgan fingerprint density at radius 3 is 2.70 bits per heavy atom. The summed E-state index contributed by atoms with van der Waals surface area (Å²) < 4.78 is 2.06. The smallest absolute Gasteiger partial charge is 0.191 e. The minimum atomic E-state index is 0.727. The van der Waals surface area contributed by atoms with E-state index in [9.17, 15) is 0 Å². The van der Waals surface area contributed by atoms with Crippen LogP contribution in [0.5, 0.6) is 0 Å². The van der Waals surface area contributed by atoms with Gasteiger partial charge in [0.15, 0.2) is 5.96 Å². The second-order valence-electron chi connectivity index (χ2n) is 5.64. The number of hydrogen-bond donors (Lipinski definition) is 2. The second-order valence-corrected chi connectivity index (χ2v) is 7.01. The van der Waals surface area contributed by atoms with E-state index >= 15 is 0 Å². The molecule has 2 aromatic rings. The van der Waals surface area contributed by atoms with E-state index in [4.69, 9.17) is 0 Å². The molecule has 5 nitrogen and oxygen atoms in total. The molecule has 23 heavy (non-hydrogen) atoms. The predicted molar refractivity (Wildman–Crippen MR) is 98.2 cm³/mol. The summed E-state index contributed by atoms with van der Waals surface area (Å²) in [6, 6.07) is 6.40. The number of nitrogens with zero attached hydrogens (tertiary/aromatic N) is 3. The van der Waals surface area contributed by atoms with E-state index in [0.717, 1.165) is 44.3 Å². The summed E-state index contributed by atoms with van der Waals surface area (Å²) >= 11 is 1.80. The molecule has 0 aliphatic heterocycles. The van der Waals surface area contributed by atoms with Gasteiger partial charge in [-0.2, -0.15) is 5.10 Å². The molecule has 0 fully saturated rings. The van der Waals surface area contributed by atoms with Crippen LogP contribution in [0.1, 0.15) is 34.5 Å². The van der Waals surface area contributed by atoms with Gasteiger partial charge in [-0.05, 0) is 52.3 Å². The summed E-state index contributed by atoms with van der Waals surface area (Å²) in [6.45, 7) is 11.7. The summed E-state index contributed by atoms with van der Waals surface area (Å²) in [4.78, 5) is 7.27. The quantitative estimate of drug-likeness (QED) is 0.465. The number of hydrogen-bond acceptors (Lipinski definition) is 3. The Morgan fingerprint density at radius 1 is 1.26 bits per heavy atom. The van der Waals surface area contributed by atoms with Gasteiger partial charge < -0.3 is 10.6 Å². The molecule has 2 aromatic heterocycles. The summed E-state index contributed by atoms with van der Waals surface area (Å²) in [5.41, 5.74) is 2.30. The molecular formula is C17H27N5S. The average Bonchev–Trinajstić information content (AvgIpc) is 3.06. The number of guanidine groups is 1. The number of thiophene rings is 1. The number of aliphatic imine (C=N–C) groups is 1. The van der Waals surface area contributed by atoms with Gasteiger partial charge in [0.2, 0.25) is 0 Å². The van der Waals surface area contributed by atoms with Gasteiger partial charge in [-0.3, -0.25) is 4.68 Å². The molecule has 0 spiro atoms. The van der Waals surface area contributed by atoms with Gasteiger partial charge in [0.25, 0.3) is 0 Å². The molecule has 0 aromatic carbocycles. The van der Waals surface area contributed by atoms with Crippen molar-refractivity contribution in [2.75, 3.05) is 13.1 Å². The SMILES string of the molecule is CCNC(=NCc1ccc(C)s1)NCCCn1nc(C)cc1C. The molecule has 0 saturated heterocycles. The van der Waals surface area contributed by atoms with Crippen molar-refractivity contribution >= 4 is 17.3 Å². The van der Waals surface area contributed by atoms with E-state index in [-0.39, 0.29) is 0 Å². The fraction of sp³-hybridized carbons (Fsp3) is 0.529. The highest BCUT2D eigenvalue weighted by molar-refractivity contribution is 7.11. The number of aryl methyl sites for hydroxylation is 4. The first kappa shape index (κ1) is 17.5. The van der Waals surface area contributed by atoms with Gasteiger partial charge >= 0.3 is 0 Å². The third kappa shape index (κ3) is 5.71. The Kier molecular flexibility index (Phi) is 6.65. The lowest BCUT2D eigenvalue weighted by Crippen LogP contribution is -2.38. The zero-order chi connectivity index (χ0) is 16.7. The third-order valence-corrected chi connectivity index (χ3v) is 4.46. The number of nitrogens with one attached hydrogen (secondary N) is 2. The molecular weight excluding hydrogens is 306 g/mol. The maximum Gasteiger partial charge on any atom is 0.191 e. The van der Waals surface area contributed by atoms with E-state index in [2.05, 4.69) is 64.4 Å². The van der Waals surface area contributed by atoms with Gasteiger partial charge in [0.05, 0.1) is 12.2 Å². The number of aromatic nitrogens is 2. The zero-order valence-corrected chi connectivity index (χ0v) is 15.3. The van der Waals surface area contributed by atoms with Crippen LogP contribution in [-0.2, 0) is 13.1 Å². The molecule has 2 rings (SSSR count). The molecule has 0 amide bonds. The van der Waals surface area contributed by atoms with Crippen molar-refractivity contribution < 1.29 is 0 Å². The molecule has 0 saturated carbocycles. The van der Waals surface area contributed by atoms with Crippen molar-refractivity contribution in [1.29, 1.82) is 0 Å². The molecule has 0 unspecified atom stereocenters. The molecule has 2 heterocycles.